The summed E-state index contributed by atoms with van der Waals surface area (Å²) in [6.07, 6.45) is 1.09. The van der Waals surface area contributed by atoms with Gasteiger partial charge in [-0.25, -0.2) is 0 Å². The number of rotatable bonds is 8. The van der Waals surface area contributed by atoms with Crippen molar-refractivity contribution in [2.75, 3.05) is 13.7 Å². The van der Waals surface area contributed by atoms with Gasteiger partial charge in [-0.3, -0.25) is 25.8 Å². The molecule has 0 heterocycles. The molecule has 0 fully saturated rings. The second-order valence-corrected chi connectivity index (χ2v) is 8.42. The first-order valence-electron chi connectivity index (χ1n) is 9.74. The van der Waals surface area contributed by atoms with Gasteiger partial charge in [0, 0.05) is 5.56 Å². The first-order valence-corrected chi connectivity index (χ1v) is 10.9. The molecule has 0 atom stereocenters. The highest BCUT2D eigenvalue weighted by molar-refractivity contribution is 9.10. The third kappa shape index (κ3) is 8.55. The van der Waals surface area contributed by atoms with E-state index in [1.807, 2.05) is 0 Å². The number of carbonyl (C=O) groups excluding carboxylic acids is 2. The summed E-state index contributed by atoms with van der Waals surface area (Å²) in [7, 11) is 1.58. The number of halogens is 1. The van der Waals surface area contributed by atoms with Crippen LogP contribution in [-0.4, -0.2) is 30.6 Å². The predicted molar refractivity (Wildman–Crippen MR) is 127 cm³/mol. The molecule has 0 radical (unpaired) electrons. The molecular formula is C22H26BrN3O4S. The molecule has 0 aliphatic rings. The minimum Gasteiger partial charge on any atom is -0.497 e. The Morgan fingerprint density at radius 1 is 1.10 bits per heavy atom. The highest BCUT2D eigenvalue weighted by atomic mass is 79.9. The van der Waals surface area contributed by atoms with Gasteiger partial charge in [0.2, 0.25) is 5.91 Å². The monoisotopic (exact) mass is 507 g/mol. The first-order chi connectivity index (χ1) is 14.8. The summed E-state index contributed by atoms with van der Waals surface area (Å²) in [5, 5.41) is 2.51. The van der Waals surface area contributed by atoms with Crippen molar-refractivity contribution in [2.24, 2.45) is 5.92 Å². The summed E-state index contributed by atoms with van der Waals surface area (Å²) in [5.74, 6) is 1.23. The molecule has 0 unspecified atom stereocenters. The molecule has 0 aliphatic heterocycles. The van der Waals surface area contributed by atoms with Gasteiger partial charge in [0.05, 0.1) is 24.6 Å². The van der Waals surface area contributed by atoms with Crippen LogP contribution in [0.15, 0.2) is 46.9 Å². The standard InChI is InChI=1S/C22H26BrN3O4S/c1-14(2)10-11-30-19-9-6-16(13-18(19)23)21(28)24-22(31)26-25-20(27)12-15-4-7-17(29-3)8-5-15/h4-9,13-14H,10-12H2,1-3H3,(H,25,27)(H2,24,26,28,31). The second kappa shape index (κ2) is 12.3. The number of nitrogens with one attached hydrogen (secondary N) is 3. The van der Waals surface area contributed by atoms with E-state index in [1.165, 1.54) is 0 Å². The van der Waals surface area contributed by atoms with Gasteiger partial charge in [0.15, 0.2) is 5.11 Å². The minimum absolute atomic E-state index is 0.0125. The van der Waals surface area contributed by atoms with Crippen molar-refractivity contribution in [2.45, 2.75) is 26.7 Å². The minimum atomic E-state index is -0.406. The maximum Gasteiger partial charge on any atom is 0.257 e. The molecule has 31 heavy (non-hydrogen) atoms. The van der Waals surface area contributed by atoms with Crippen LogP contribution in [0.25, 0.3) is 0 Å². The quantitative estimate of drug-likeness (QED) is 0.372. The highest BCUT2D eigenvalue weighted by Gasteiger charge is 2.12. The Kier molecular flexibility index (Phi) is 9.74. The second-order valence-electron chi connectivity index (χ2n) is 7.16. The van der Waals surface area contributed by atoms with Crippen LogP contribution in [-0.2, 0) is 11.2 Å². The molecule has 2 rings (SSSR count). The molecule has 7 nitrogen and oxygen atoms in total. The van der Waals surface area contributed by atoms with Gasteiger partial charge in [0.25, 0.3) is 5.91 Å². The summed E-state index contributed by atoms with van der Waals surface area (Å²) >= 11 is 8.50. The summed E-state index contributed by atoms with van der Waals surface area (Å²) in [5.41, 5.74) is 6.21. The van der Waals surface area contributed by atoms with Gasteiger partial charge in [-0.05, 0) is 76.4 Å². The van der Waals surface area contributed by atoms with Crippen molar-refractivity contribution in [1.82, 2.24) is 16.2 Å². The molecule has 2 aromatic carbocycles. The Balaban J connectivity index is 1.79. The Labute approximate surface area is 196 Å². The Bertz CT molecular complexity index is 919. The Morgan fingerprint density at radius 3 is 2.42 bits per heavy atom. The Morgan fingerprint density at radius 2 is 1.81 bits per heavy atom. The maximum atomic E-state index is 12.4. The molecule has 0 aromatic heterocycles. The molecular weight excluding hydrogens is 482 g/mol. The number of carbonyl (C=O) groups is 2. The summed E-state index contributed by atoms with van der Waals surface area (Å²) in [6, 6.07) is 12.2. The predicted octanol–water partition coefficient (Wildman–Crippen LogP) is 3.76. The van der Waals surface area contributed by atoms with Crippen molar-refractivity contribution in [3.8, 4) is 11.5 Å². The van der Waals surface area contributed by atoms with Crippen LogP contribution in [0.4, 0.5) is 0 Å². The number of benzene rings is 2. The molecule has 2 aromatic rings. The molecule has 0 saturated carbocycles. The van der Waals surface area contributed by atoms with Crippen molar-refractivity contribution < 1.29 is 19.1 Å². The zero-order chi connectivity index (χ0) is 22.8. The van der Waals surface area contributed by atoms with Crippen molar-refractivity contribution in [3.05, 3.63) is 58.1 Å². The van der Waals surface area contributed by atoms with E-state index in [4.69, 9.17) is 21.7 Å². The zero-order valence-electron chi connectivity index (χ0n) is 17.7. The lowest BCUT2D eigenvalue weighted by Gasteiger charge is -2.13. The number of methoxy groups -OCH3 is 1. The van der Waals surface area contributed by atoms with E-state index in [1.54, 1.807) is 49.6 Å². The molecule has 3 N–H and O–H groups in total. The fourth-order valence-corrected chi connectivity index (χ4v) is 3.11. The van der Waals surface area contributed by atoms with Gasteiger partial charge in [-0.2, -0.15) is 0 Å². The van der Waals surface area contributed by atoms with Crippen LogP contribution in [0, 0.1) is 5.92 Å². The lowest BCUT2D eigenvalue weighted by molar-refractivity contribution is -0.121. The number of amides is 2. The number of hydrogen-bond donors (Lipinski definition) is 3. The first kappa shape index (κ1) is 24.6. The molecule has 166 valence electrons. The fraction of sp³-hybridized carbons (Fsp3) is 0.318. The molecule has 0 spiro atoms. The normalized spacial score (nSPS) is 10.4. The SMILES string of the molecule is COc1ccc(CC(=O)NNC(=S)NC(=O)c2ccc(OCCC(C)C)c(Br)c2)cc1. The van der Waals surface area contributed by atoms with E-state index in [0.29, 0.717) is 34.1 Å². The van der Waals surface area contributed by atoms with E-state index < -0.39 is 5.91 Å². The average Bonchev–Trinajstić information content (AvgIpc) is 2.73. The highest BCUT2D eigenvalue weighted by Crippen LogP contribution is 2.26. The van der Waals surface area contributed by atoms with Gasteiger partial charge >= 0.3 is 0 Å². The van der Waals surface area contributed by atoms with Crippen LogP contribution in [0.3, 0.4) is 0 Å². The van der Waals surface area contributed by atoms with E-state index in [0.717, 1.165) is 12.0 Å². The van der Waals surface area contributed by atoms with E-state index in [2.05, 4.69) is 45.9 Å². The van der Waals surface area contributed by atoms with Gasteiger partial charge in [-0.1, -0.05) is 26.0 Å². The number of thiocarbonyl (C=S) groups is 1. The smallest absolute Gasteiger partial charge is 0.257 e. The molecule has 0 bridgehead atoms. The zero-order valence-corrected chi connectivity index (χ0v) is 20.1. The topological polar surface area (TPSA) is 88.7 Å². The van der Waals surface area contributed by atoms with Gasteiger partial charge in [0.1, 0.15) is 11.5 Å². The summed E-state index contributed by atoms with van der Waals surface area (Å²) in [6.45, 7) is 4.86. The van der Waals surface area contributed by atoms with Gasteiger partial charge in [-0.15, -0.1) is 0 Å². The van der Waals surface area contributed by atoms with E-state index in [-0.39, 0.29) is 17.4 Å². The molecule has 0 saturated heterocycles. The van der Waals surface area contributed by atoms with Gasteiger partial charge < -0.3 is 9.47 Å². The van der Waals surface area contributed by atoms with Crippen molar-refractivity contribution >= 4 is 45.1 Å². The molecule has 0 aliphatic carbocycles. The largest absolute Gasteiger partial charge is 0.497 e. The van der Waals surface area contributed by atoms with Crippen LogP contribution < -0.4 is 25.6 Å². The van der Waals surface area contributed by atoms with Crippen LogP contribution in [0.1, 0.15) is 36.2 Å². The van der Waals surface area contributed by atoms with Crippen LogP contribution >= 0.6 is 28.1 Å². The number of hydrazine groups is 1. The summed E-state index contributed by atoms with van der Waals surface area (Å²) in [4.78, 5) is 24.4. The van der Waals surface area contributed by atoms with Crippen LogP contribution in [0.5, 0.6) is 11.5 Å². The number of ether oxygens (including phenoxy) is 2. The van der Waals surface area contributed by atoms with E-state index >= 15 is 0 Å². The number of hydrogen-bond acceptors (Lipinski definition) is 5. The van der Waals surface area contributed by atoms with E-state index in [9.17, 15) is 9.59 Å². The average molecular weight is 508 g/mol. The molecule has 2 amide bonds. The third-order valence-corrected chi connectivity index (χ3v) is 5.04. The van der Waals surface area contributed by atoms with Crippen molar-refractivity contribution in [1.29, 1.82) is 0 Å². The van der Waals surface area contributed by atoms with Crippen molar-refractivity contribution in [3.63, 3.8) is 0 Å². The fourth-order valence-electron chi connectivity index (χ4n) is 2.47. The van der Waals surface area contributed by atoms with Crippen LogP contribution in [0.2, 0.25) is 0 Å². The lowest BCUT2D eigenvalue weighted by Crippen LogP contribution is -2.48. The molecule has 9 heteroatoms. The lowest BCUT2D eigenvalue weighted by atomic mass is 10.1. The summed E-state index contributed by atoms with van der Waals surface area (Å²) < 4.78 is 11.5. The third-order valence-electron chi connectivity index (χ3n) is 4.21. The Hall–Kier alpha value is -2.65. The maximum absolute atomic E-state index is 12.4.